The van der Waals surface area contributed by atoms with Gasteiger partial charge in [0.1, 0.15) is 30.2 Å². The Labute approximate surface area is 291 Å². The van der Waals surface area contributed by atoms with E-state index in [4.69, 9.17) is 17.2 Å². The van der Waals surface area contributed by atoms with Crippen molar-refractivity contribution in [3.63, 3.8) is 0 Å². The van der Waals surface area contributed by atoms with Gasteiger partial charge in [0, 0.05) is 38.7 Å². The molecule has 0 spiro atoms. The highest BCUT2D eigenvalue weighted by Gasteiger charge is 2.32. The zero-order valence-electron chi connectivity index (χ0n) is 29.5. The summed E-state index contributed by atoms with van der Waals surface area (Å²) in [4.78, 5) is 100. The van der Waals surface area contributed by atoms with Crippen LogP contribution in [0.15, 0.2) is 17.5 Å². The predicted molar refractivity (Wildman–Crippen MR) is 184 cm³/mol. The number of hydrogen-bond donors (Lipinski definition) is 10. The number of rotatable bonds is 22. The van der Waals surface area contributed by atoms with Crippen LogP contribution in [-0.2, 0) is 40.0 Å². The number of H-pyrrole nitrogens is 1. The van der Waals surface area contributed by atoms with Crippen LogP contribution in [0.25, 0.3) is 0 Å². The molecule has 50 heavy (non-hydrogen) atoms. The Kier molecular flexibility index (Phi) is 19.4. The summed E-state index contributed by atoms with van der Waals surface area (Å²) in [5, 5.41) is 15.3. The topological polar surface area (TPSA) is 311 Å². The van der Waals surface area contributed by atoms with Crippen LogP contribution < -0.4 is 49.1 Å². The zero-order chi connectivity index (χ0) is 37.8. The SMILES string of the molecule is CC(=O)NC(=O)[C@H](CCCN=C(N)N)NC(=O)[C@H](Cc1cnc[nH]1)NC(=O)[C@H](CCCCN)NC(=O)[C@H](CC(C)C)NC(=O)[C@H](C)NC(C)=O. The van der Waals surface area contributed by atoms with E-state index in [0.717, 1.165) is 6.92 Å². The van der Waals surface area contributed by atoms with Gasteiger partial charge in [0.15, 0.2) is 5.96 Å². The first-order chi connectivity index (χ1) is 23.5. The lowest BCUT2D eigenvalue weighted by atomic mass is 10.0. The number of imide groups is 1. The van der Waals surface area contributed by atoms with Crippen molar-refractivity contribution >= 4 is 47.3 Å². The molecule has 0 unspecified atom stereocenters. The molecular weight excluding hydrogens is 652 g/mol. The van der Waals surface area contributed by atoms with Gasteiger partial charge in [0.2, 0.25) is 41.4 Å². The second-order valence-corrected chi connectivity index (χ2v) is 12.4. The van der Waals surface area contributed by atoms with Crippen LogP contribution >= 0.6 is 0 Å². The minimum Gasteiger partial charge on any atom is -0.370 e. The van der Waals surface area contributed by atoms with Gasteiger partial charge < -0.3 is 48.8 Å². The number of carbonyl (C=O) groups excluding carboxylic acids is 7. The van der Waals surface area contributed by atoms with Crippen molar-refractivity contribution in [3.05, 3.63) is 18.2 Å². The minimum atomic E-state index is -1.26. The van der Waals surface area contributed by atoms with Crippen LogP contribution in [0.4, 0.5) is 0 Å². The van der Waals surface area contributed by atoms with Crippen molar-refractivity contribution in [1.82, 2.24) is 41.9 Å². The first kappa shape index (κ1) is 43.0. The van der Waals surface area contributed by atoms with E-state index in [-0.39, 0.29) is 50.5 Å². The molecule has 1 aromatic heterocycles. The van der Waals surface area contributed by atoms with Crippen LogP contribution in [0.3, 0.4) is 0 Å². The number of aromatic nitrogens is 2. The lowest BCUT2D eigenvalue weighted by molar-refractivity contribution is -0.136. The number of amides is 7. The Morgan fingerprint density at radius 3 is 1.84 bits per heavy atom. The number of imidazole rings is 1. The van der Waals surface area contributed by atoms with Gasteiger partial charge in [-0.25, -0.2) is 4.98 Å². The predicted octanol–water partition coefficient (Wildman–Crippen LogP) is -2.69. The van der Waals surface area contributed by atoms with Crippen molar-refractivity contribution in [3.8, 4) is 0 Å². The van der Waals surface area contributed by atoms with Gasteiger partial charge in [-0.1, -0.05) is 13.8 Å². The standard InChI is InChI=1S/C31H54N12O7/c1-17(2)13-24(42-26(46)18(3)38-19(4)44)29(49)40-22(9-6-7-11-32)28(48)43-25(14-21-15-35-16-37-21)30(50)41-23(27(47)39-20(5)45)10-8-12-36-31(33)34/h15-18,22-25H,6-14,32H2,1-5H3,(H,35,37)(H,38,44)(H,40,49)(H,41,50)(H,42,46)(H,43,48)(H4,33,34,36)(H,39,45,47)/t18-,22-,23-,24-,25-/m0/s1. The highest BCUT2D eigenvalue weighted by molar-refractivity contribution is 6.00. The molecule has 13 N–H and O–H groups in total. The van der Waals surface area contributed by atoms with Crippen molar-refractivity contribution in [2.24, 2.45) is 28.1 Å². The average molecular weight is 707 g/mol. The summed E-state index contributed by atoms with van der Waals surface area (Å²) in [6.45, 7) is 8.11. The maximum absolute atomic E-state index is 13.8. The molecule has 0 saturated heterocycles. The molecule has 5 atom stereocenters. The summed E-state index contributed by atoms with van der Waals surface area (Å²) in [6.07, 6.45) is 4.52. The number of guanidine groups is 1. The van der Waals surface area contributed by atoms with Crippen LogP contribution in [0.2, 0.25) is 0 Å². The number of hydrogen-bond acceptors (Lipinski definition) is 10. The van der Waals surface area contributed by atoms with Crippen LogP contribution in [0.1, 0.15) is 78.8 Å². The van der Waals surface area contributed by atoms with Crippen molar-refractivity contribution in [1.29, 1.82) is 0 Å². The summed E-state index contributed by atoms with van der Waals surface area (Å²) in [5.41, 5.74) is 16.9. The van der Waals surface area contributed by atoms with E-state index in [1.807, 2.05) is 13.8 Å². The summed E-state index contributed by atoms with van der Waals surface area (Å²) in [6, 6.07) is -5.52. The molecule has 0 radical (unpaired) electrons. The second kappa shape index (κ2) is 22.5. The largest absolute Gasteiger partial charge is 0.370 e. The number of unbranched alkanes of at least 4 members (excludes halogenated alkanes) is 1. The molecular formula is C31H54N12O7. The quantitative estimate of drug-likeness (QED) is 0.0336. The van der Waals surface area contributed by atoms with E-state index in [1.165, 1.54) is 26.4 Å². The Bertz CT molecular complexity index is 1310. The average Bonchev–Trinajstić information content (AvgIpc) is 3.53. The van der Waals surface area contributed by atoms with E-state index in [1.54, 1.807) is 0 Å². The van der Waals surface area contributed by atoms with Gasteiger partial charge in [-0.15, -0.1) is 0 Å². The fourth-order valence-electron chi connectivity index (χ4n) is 4.81. The highest BCUT2D eigenvalue weighted by atomic mass is 16.2. The van der Waals surface area contributed by atoms with Crippen LogP contribution in [0, 0.1) is 5.92 Å². The number of nitrogens with zero attached hydrogens (tertiary/aromatic N) is 2. The molecule has 280 valence electrons. The number of nitrogens with two attached hydrogens (primary N) is 3. The third-order valence-electron chi connectivity index (χ3n) is 7.22. The van der Waals surface area contributed by atoms with Crippen molar-refractivity contribution in [2.75, 3.05) is 13.1 Å². The van der Waals surface area contributed by atoms with E-state index < -0.39 is 71.6 Å². The third-order valence-corrected chi connectivity index (χ3v) is 7.22. The molecule has 0 fully saturated rings. The number of aromatic amines is 1. The lowest BCUT2D eigenvalue weighted by Gasteiger charge is -2.27. The summed E-state index contributed by atoms with van der Waals surface area (Å²) < 4.78 is 0. The number of aliphatic imine (C=N–C) groups is 1. The minimum absolute atomic E-state index is 0.0262. The fraction of sp³-hybridized carbons (Fsp3) is 0.645. The molecule has 1 heterocycles. The second-order valence-electron chi connectivity index (χ2n) is 12.4. The van der Waals surface area contributed by atoms with Crippen LogP contribution in [-0.4, -0.2) is 101 Å². The Balaban J connectivity index is 3.29. The highest BCUT2D eigenvalue weighted by Crippen LogP contribution is 2.10. The van der Waals surface area contributed by atoms with E-state index in [0.29, 0.717) is 25.1 Å². The van der Waals surface area contributed by atoms with Crippen molar-refractivity contribution < 1.29 is 33.6 Å². The Morgan fingerprint density at radius 1 is 0.740 bits per heavy atom. The third kappa shape index (κ3) is 17.4. The van der Waals surface area contributed by atoms with Gasteiger partial charge in [-0.3, -0.25) is 43.9 Å². The fourth-order valence-corrected chi connectivity index (χ4v) is 4.81. The first-order valence-electron chi connectivity index (χ1n) is 16.6. The zero-order valence-corrected chi connectivity index (χ0v) is 29.5. The molecule has 0 saturated carbocycles. The summed E-state index contributed by atoms with van der Waals surface area (Å²) in [7, 11) is 0. The maximum atomic E-state index is 13.8. The smallest absolute Gasteiger partial charge is 0.249 e. The van der Waals surface area contributed by atoms with Gasteiger partial charge in [-0.05, 0) is 57.9 Å². The summed E-state index contributed by atoms with van der Waals surface area (Å²) >= 11 is 0. The Morgan fingerprint density at radius 2 is 1.30 bits per heavy atom. The molecule has 0 aliphatic rings. The molecule has 0 bridgehead atoms. The molecule has 7 amide bonds. The molecule has 19 heteroatoms. The normalized spacial score (nSPS) is 13.8. The molecule has 0 aliphatic heterocycles. The maximum Gasteiger partial charge on any atom is 0.249 e. The molecule has 19 nitrogen and oxygen atoms in total. The van der Waals surface area contributed by atoms with Gasteiger partial charge in [0.05, 0.1) is 6.33 Å². The van der Waals surface area contributed by atoms with E-state index in [2.05, 4.69) is 46.9 Å². The van der Waals surface area contributed by atoms with E-state index in [9.17, 15) is 33.6 Å². The molecule has 0 aliphatic carbocycles. The molecule has 1 aromatic rings. The Hall–Kier alpha value is -5.07. The van der Waals surface area contributed by atoms with Gasteiger partial charge in [0.25, 0.3) is 0 Å². The molecule has 0 aromatic carbocycles. The number of nitrogens with one attached hydrogen (secondary N) is 7. The van der Waals surface area contributed by atoms with E-state index >= 15 is 0 Å². The monoisotopic (exact) mass is 706 g/mol. The van der Waals surface area contributed by atoms with Gasteiger partial charge >= 0.3 is 0 Å². The van der Waals surface area contributed by atoms with Gasteiger partial charge in [-0.2, -0.15) is 0 Å². The lowest BCUT2D eigenvalue weighted by Crippen LogP contribution is -2.59. The van der Waals surface area contributed by atoms with Crippen LogP contribution in [0.5, 0.6) is 0 Å². The number of carbonyl (C=O) groups is 7. The first-order valence-corrected chi connectivity index (χ1v) is 16.6. The summed E-state index contributed by atoms with van der Waals surface area (Å²) in [5.74, 6) is -4.65. The van der Waals surface area contributed by atoms with Crippen molar-refractivity contribution in [2.45, 2.75) is 110 Å². The molecule has 1 rings (SSSR count).